The average Bonchev–Trinajstić information content (AvgIpc) is 3.07. The number of aromatic nitrogens is 2. The van der Waals surface area contributed by atoms with E-state index in [1.165, 1.54) is 25.6 Å². The number of hydrogen-bond acceptors (Lipinski definition) is 3. The van der Waals surface area contributed by atoms with Crippen LogP contribution in [0.25, 0.3) is 11.0 Å². The first-order chi connectivity index (χ1) is 7.79. The van der Waals surface area contributed by atoms with Crippen LogP contribution in [0.5, 0.6) is 0 Å². The van der Waals surface area contributed by atoms with Gasteiger partial charge in [0, 0.05) is 11.9 Å². The molecule has 1 N–H and O–H groups in total. The van der Waals surface area contributed by atoms with Gasteiger partial charge in [0.15, 0.2) is 0 Å². The third kappa shape index (κ3) is 1.38. The zero-order chi connectivity index (χ0) is 11.1. The van der Waals surface area contributed by atoms with Crippen LogP contribution in [-0.4, -0.2) is 23.0 Å². The van der Waals surface area contributed by atoms with Crippen molar-refractivity contribution in [2.75, 3.05) is 7.11 Å². The van der Waals surface area contributed by atoms with E-state index < -0.39 is 0 Å². The van der Waals surface area contributed by atoms with E-state index in [4.69, 9.17) is 4.74 Å². The third-order valence-corrected chi connectivity index (χ3v) is 2.96. The third-order valence-electron chi connectivity index (χ3n) is 2.96. The molecule has 1 aliphatic carbocycles. The molecule has 0 aromatic carbocycles. The van der Waals surface area contributed by atoms with E-state index in [-0.39, 0.29) is 5.97 Å². The predicted octanol–water partition coefficient (Wildman–Crippen LogP) is 2.23. The summed E-state index contributed by atoms with van der Waals surface area (Å²) in [6.45, 7) is 0. The Morgan fingerprint density at radius 2 is 2.38 bits per heavy atom. The number of carbonyl (C=O) groups is 1. The Kier molecular flexibility index (Phi) is 1.96. The van der Waals surface area contributed by atoms with Gasteiger partial charge in [0.2, 0.25) is 0 Å². The number of H-pyrrole nitrogens is 1. The largest absolute Gasteiger partial charge is 0.465 e. The molecule has 0 spiro atoms. The van der Waals surface area contributed by atoms with Gasteiger partial charge in [-0.05, 0) is 30.9 Å². The van der Waals surface area contributed by atoms with Crippen molar-refractivity contribution in [2.24, 2.45) is 0 Å². The zero-order valence-corrected chi connectivity index (χ0v) is 8.99. The van der Waals surface area contributed by atoms with Gasteiger partial charge in [-0.2, -0.15) is 0 Å². The van der Waals surface area contributed by atoms with Crippen LogP contribution in [-0.2, 0) is 4.74 Å². The smallest absolute Gasteiger partial charge is 0.340 e. The van der Waals surface area contributed by atoms with Crippen LogP contribution in [0, 0.1) is 0 Å². The molecule has 1 saturated carbocycles. The second kappa shape index (κ2) is 3.33. The van der Waals surface area contributed by atoms with Crippen molar-refractivity contribution < 1.29 is 9.53 Å². The normalized spacial score (nSPS) is 15.3. The zero-order valence-electron chi connectivity index (χ0n) is 8.99. The van der Waals surface area contributed by atoms with Crippen molar-refractivity contribution in [2.45, 2.75) is 18.8 Å². The SMILES string of the molecule is COC(=O)c1ccnc2cc(C3CC3)[nH]c12. The highest BCUT2D eigenvalue weighted by atomic mass is 16.5. The molecular formula is C12H12N2O2. The lowest BCUT2D eigenvalue weighted by Crippen LogP contribution is -2.02. The Balaban J connectivity index is 2.17. The molecule has 4 nitrogen and oxygen atoms in total. The van der Waals surface area contributed by atoms with E-state index in [1.807, 2.05) is 6.07 Å². The molecule has 0 bridgehead atoms. The molecule has 0 unspecified atom stereocenters. The van der Waals surface area contributed by atoms with Gasteiger partial charge in [-0.3, -0.25) is 4.98 Å². The number of esters is 1. The monoisotopic (exact) mass is 216 g/mol. The topological polar surface area (TPSA) is 55.0 Å². The number of methoxy groups -OCH3 is 1. The maximum atomic E-state index is 11.6. The molecule has 0 saturated heterocycles. The van der Waals surface area contributed by atoms with Gasteiger partial charge in [-0.25, -0.2) is 4.79 Å². The Morgan fingerprint density at radius 3 is 3.06 bits per heavy atom. The van der Waals surface area contributed by atoms with Crippen molar-refractivity contribution in [1.82, 2.24) is 9.97 Å². The molecule has 0 amide bonds. The van der Waals surface area contributed by atoms with Crippen LogP contribution in [0.15, 0.2) is 18.3 Å². The number of pyridine rings is 1. The number of aromatic amines is 1. The van der Waals surface area contributed by atoms with Crippen LogP contribution in [0.1, 0.15) is 34.8 Å². The van der Waals surface area contributed by atoms with Gasteiger partial charge in [-0.1, -0.05) is 0 Å². The summed E-state index contributed by atoms with van der Waals surface area (Å²) < 4.78 is 4.74. The maximum Gasteiger partial charge on any atom is 0.340 e. The summed E-state index contributed by atoms with van der Waals surface area (Å²) in [5.74, 6) is 0.302. The van der Waals surface area contributed by atoms with Crippen molar-refractivity contribution in [1.29, 1.82) is 0 Å². The molecule has 3 rings (SSSR count). The summed E-state index contributed by atoms with van der Waals surface area (Å²) in [6, 6.07) is 3.71. The quantitative estimate of drug-likeness (QED) is 0.783. The van der Waals surface area contributed by atoms with E-state index in [9.17, 15) is 4.79 Å². The molecule has 1 aliphatic rings. The minimum atomic E-state index is -0.323. The minimum absolute atomic E-state index is 0.323. The Morgan fingerprint density at radius 1 is 1.56 bits per heavy atom. The highest BCUT2D eigenvalue weighted by molar-refractivity contribution is 6.01. The molecule has 82 valence electrons. The van der Waals surface area contributed by atoms with Crippen LogP contribution >= 0.6 is 0 Å². The lowest BCUT2D eigenvalue weighted by Gasteiger charge is -1.99. The molecule has 0 atom stereocenters. The van der Waals surface area contributed by atoms with E-state index in [0.29, 0.717) is 11.5 Å². The first kappa shape index (κ1) is 9.39. The van der Waals surface area contributed by atoms with E-state index >= 15 is 0 Å². The average molecular weight is 216 g/mol. The minimum Gasteiger partial charge on any atom is -0.465 e. The maximum absolute atomic E-state index is 11.6. The first-order valence-corrected chi connectivity index (χ1v) is 5.35. The Labute approximate surface area is 92.6 Å². The fourth-order valence-electron chi connectivity index (χ4n) is 1.94. The van der Waals surface area contributed by atoms with Gasteiger partial charge in [0.25, 0.3) is 0 Å². The summed E-state index contributed by atoms with van der Waals surface area (Å²) in [5, 5.41) is 0. The van der Waals surface area contributed by atoms with Crippen LogP contribution in [0.3, 0.4) is 0 Å². The number of ether oxygens (including phenoxy) is 1. The molecule has 4 heteroatoms. The fourth-order valence-corrected chi connectivity index (χ4v) is 1.94. The summed E-state index contributed by atoms with van der Waals surface area (Å²) in [4.78, 5) is 19.1. The summed E-state index contributed by atoms with van der Waals surface area (Å²) in [5.41, 5.74) is 3.36. The summed E-state index contributed by atoms with van der Waals surface area (Å²) >= 11 is 0. The molecule has 16 heavy (non-hydrogen) atoms. The van der Waals surface area contributed by atoms with Crippen molar-refractivity contribution in [3.05, 3.63) is 29.6 Å². The number of hydrogen-bond donors (Lipinski definition) is 1. The Hall–Kier alpha value is -1.84. The molecular weight excluding hydrogens is 204 g/mol. The standard InChI is InChI=1S/C12H12N2O2/c1-16-12(15)8-4-5-13-10-6-9(7-2-3-7)14-11(8)10/h4-7,14H,2-3H2,1H3. The molecule has 0 aliphatic heterocycles. The molecule has 2 aromatic rings. The van der Waals surface area contributed by atoms with Gasteiger partial charge in [0.05, 0.1) is 23.7 Å². The van der Waals surface area contributed by atoms with Gasteiger partial charge >= 0.3 is 5.97 Å². The summed E-state index contributed by atoms with van der Waals surface area (Å²) in [7, 11) is 1.39. The van der Waals surface area contributed by atoms with Crippen LogP contribution < -0.4 is 0 Å². The van der Waals surface area contributed by atoms with E-state index in [1.54, 1.807) is 12.3 Å². The highest BCUT2D eigenvalue weighted by Gasteiger charge is 2.26. The molecule has 2 aromatic heterocycles. The van der Waals surface area contributed by atoms with E-state index in [0.717, 1.165) is 11.0 Å². The highest BCUT2D eigenvalue weighted by Crippen LogP contribution is 2.40. The predicted molar refractivity (Wildman–Crippen MR) is 59.4 cm³/mol. The molecule has 0 radical (unpaired) electrons. The number of carbonyl (C=O) groups excluding carboxylic acids is 1. The number of fused-ring (bicyclic) bond motifs is 1. The number of rotatable bonds is 2. The molecule has 1 fully saturated rings. The molecule has 2 heterocycles. The van der Waals surface area contributed by atoms with Crippen LogP contribution in [0.4, 0.5) is 0 Å². The summed E-state index contributed by atoms with van der Waals surface area (Å²) in [6.07, 6.45) is 4.08. The number of nitrogens with zero attached hydrogens (tertiary/aromatic N) is 1. The number of nitrogens with one attached hydrogen (secondary N) is 1. The van der Waals surface area contributed by atoms with Gasteiger partial charge < -0.3 is 9.72 Å². The van der Waals surface area contributed by atoms with Gasteiger partial charge in [0.1, 0.15) is 0 Å². The second-order valence-electron chi connectivity index (χ2n) is 4.11. The van der Waals surface area contributed by atoms with E-state index in [2.05, 4.69) is 9.97 Å². The van der Waals surface area contributed by atoms with Crippen molar-refractivity contribution >= 4 is 17.0 Å². The second-order valence-corrected chi connectivity index (χ2v) is 4.11. The Bertz CT molecular complexity index is 555. The van der Waals surface area contributed by atoms with Crippen molar-refractivity contribution in [3.8, 4) is 0 Å². The fraction of sp³-hybridized carbons (Fsp3) is 0.333. The van der Waals surface area contributed by atoms with Crippen molar-refractivity contribution in [3.63, 3.8) is 0 Å². The lowest BCUT2D eigenvalue weighted by atomic mass is 10.2. The lowest BCUT2D eigenvalue weighted by molar-refractivity contribution is 0.0602. The van der Waals surface area contributed by atoms with Gasteiger partial charge in [-0.15, -0.1) is 0 Å². The first-order valence-electron chi connectivity index (χ1n) is 5.35. The van der Waals surface area contributed by atoms with Crippen LogP contribution in [0.2, 0.25) is 0 Å².